The Balaban J connectivity index is 1.22. The second-order valence-corrected chi connectivity index (χ2v) is 8.96. The highest BCUT2D eigenvalue weighted by atomic mass is 19.1. The van der Waals surface area contributed by atoms with Crippen LogP contribution in [-0.2, 0) is 11.2 Å². The Morgan fingerprint density at radius 3 is 2.53 bits per heavy atom. The van der Waals surface area contributed by atoms with Crippen molar-refractivity contribution in [3.05, 3.63) is 95.6 Å². The van der Waals surface area contributed by atoms with E-state index in [1.54, 1.807) is 29.3 Å². The van der Waals surface area contributed by atoms with Crippen molar-refractivity contribution in [3.63, 3.8) is 0 Å². The number of hydrogen-bond donors (Lipinski definition) is 0. The molecule has 3 aromatic rings. The summed E-state index contributed by atoms with van der Waals surface area (Å²) in [5, 5.41) is 0. The van der Waals surface area contributed by atoms with Crippen molar-refractivity contribution in [2.75, 3.05) is 24.5 Å². The van der Waals surface area contributed by atoms with E-state index in [0.29, 0.717) is 38.0 Å². The van der Waals surface area contributed by atoms with Gasteiger partial charge in [-0.25, -0.2) is 9.18 Å². The van der Waals surface area contributed by atoms with Gasteiger partial charge in [0.2, 0.25) is 0 Å². The van der Waals surface area contributed by atoms with Crippen LogP contribution in [0.15, 0.2) is 72.9 Å². The molecule has 0 radical (unpaired) electrons. The number of likely N-dealkylation sites (tertiary alicyclic amines) is 1. The Hall–Kier alpha value is -3.74. The van der Waals surface area contributed by atoms with Gasteiger partial charge in [0.25, 0.3) is 5.91 Å². The monoisotopic (exact) mass is 459 g/mol. The summed E-state index contributed by atoms with van der Waals surface area (Å²) in [4.78, 5) is 33.7. The van der Waals surface area contributed by atoms with Crippen LogP contribution in [0.5, 0.6) is 0 Å². The minimum Gasteiger partial charge on any atom is -0.441 e. The highest BCUT2D eigenvalue weighted by molar-refractivity contribution is 5.94. The van der Waals surface area contributed by atoms with E-state index in [2.05, 4.69) is 4.98 Å². The molecule has 1 spiro atoms. The van der Waals surface area contributed by atoms with Gasteiger partial charge in [-0.1, -0.05) is 30.3 Å². The third-order valence-corrected chi connectivity index (χ3v) is 6.59. The van der Waals surface area contributed by atoms with Crippen molar-refractivity contribution in [2.24, 2.45) is 0 Å². The maximum Gasteiger partial charge on any atom is 0.415 e. The summed E-state index contributed by atoms with van der Waals surface area (Å²) in [6.07, 6.45) is 3.94. The number of anilines is 1. The number of carbonyl (C=O) groups is 2. The zero-order valence-corrected chi connectivity index (χ0v) is 18.8. The Bertz CT molecular complexity index is 1170. The quantitative estimate of drug-likeness (QED) is 0.561. The third kappa shape index (κ3) is 4.64. The number of ether oxygens (including phenoxy) is 1. The number of halogens is 1. The molecule has 34 heavy (non-hydrogen) atoms. The van der Waals surface area contributed by atoms with Gasteiger partial charge in [-0.15, -0.1) is 0 Å². The van der Waals surface area contributed by atoms with E-state index >= 15 is 0 Å². The van der Waals surface area contributed by atoms with Crippen molar-refractivity contribution < 1.29 is 18.7 Å². The van der Waals surface area contributed by atoms with Gasteiger partial charge in [0.15, 0.2) is 0 Å². The molecule has 2 amide bonds. The normalized spacial score (nSPS) is 20.3. The Morgan fingerprint density at radius 1 is 1.00 bits per heavy atom. The van der Waals surface area contributed by atoms with E-state index in [-0.39, 0.29) is 17.8 Å². The van der Waals surface area contributed by atoms with Crippen molar-refractivity contribution in [3.8, 4) is 0 Å². The predicted octanol–water partition coefficient (Wildman–Crippen LogP) is 4.83. The highest BCUT2D eigenvalue weighted by Gasteiger charge is 2.46. The van der Waals surface area contributed by atoms with E-state index in [4.69, 9.17) is 4.74 Å². The summed E-state index contributed by atoms with van der Waals surface area (Å²) in [6.45, 7) is 1.63. The summed E-state index contributed by atoms with van der Waals surface area (Å²) >= 11 is 0. The number of para-hydroxylation sites is 1. The number of hydrogen-bond acceptors (Lipinski definition) is 4. The van der Waals surface area contributed by atoms with Gasteiger partial charge in [-0.05, 0) is 54.8 Å². The molecule has 2 aromatic carbocycles. The minimum absolute atomic E-state index is 0.0675. The van der Waals surface area contributed by atoms with Gasteiger partial charge in [0.1, 0.15) is 11.4 Å². The number of carbonyl (C=O) groups excluding carboxylic acids is 2. The fourth-order valence-electron chi connectivity index (χ4n) is 4.71. The summed E-state index contributed by atoms with van der Waals surface area (Å²) in [6, 6.07) is 19.5. The molecule has 2 aliphatic rings. The van der Waals surface area contributed by atoms with Gasteiger partial charge in [0.05, 0.1) is 12.1 Å². The fraction of sp³-hybridized carbons (Fsp3) is 0.296. The topological polar surface area (TPSA) is 62.7 Å². The summed E-state index contributed by atoms with van der Waals surface area (Å²) in [7, 11) is 0. The van der Waals surface area contributed by atoms with Crippen LogP contribution in [0.25, 0.3) is 0 Å². The second-order valence-electron chi connectivity index (χ2n) is 8.96. The van der Waals surface area contributed by atoms with Crippen molar-refractivity contribution in [1.29, 1.82) is 0 Å². The molecule has 2 saturated heterocycles. The van der Waals surface area contributed by atoms with Crippen LogP contribution in [0.4, 0.5) is 14.9 Å². The van der Waals surface area contributed by atoms with Crippen LogP contribution in [-0.4, -0.2) is 47.1 Å². The number of amides is 2. The van der Waals surface area contributed by atoms with Crippen molar-refractivity contribution in [1.82, 2.24) is 9.88 Å². The first-order chi connectivity index (χ1) is 16.5. The molecular weight excluding hydrogens is 433 g/mol. The molecule has 1 unspecified atom stereocenters. The molecule has 0 N–H and O–H groups in total. The van der Waals surface area contributed by atoms with Crippen LogP contribution in [0.2, 0.25) is 0 Å². The average molecular weight is 460 g/mol. The third-order valence-electron chi connectivity index (χ3n) is 6.59. The maximum atomic E-state index is 13.1. The molecule has 0 saturated carbocycles. The average Bonchev–Trinajstić information content (AvgIpc) is 3.05. The van der Waals surface area contributed by atoms with Crippen LogP contribution < -0.4 is 4.90 Å². The van der Waals surface area contributed by atoms with Gasteiger partial charge in [-0.3, -0.25) is 14.7 Å². The molecule has 2 fully saturated rings. The van der Waals surface area contributed by atoms with Gasteiger partial charge in [-0.2, -0.15) is 0 Å². The molecule has 174 valence electrons. The molecule has 0 bridgehead atoms. The first-order valence-corrected chi connectivity index (χ1v) is 11.6. The second kappa shape index (κ2) is 9.25. The molecule has 5 rings (SSSR count). The van der Waals surface area contributed by atoms with Crippen LogP contribution in [0.1, 0.15) is 40.9 Å². The maximum absolute atomic E-state index is 13.1. The number of pyridine rings is 1. The van der Waals surface area contributed by atoms with E-state index in [9.17, 15) is 14.0 Å². The van der Waals surface area contributed by atoms with Crippen molar-refractivity contribution >= 4 is 17.7 Å². The largest absolute Gasteiger partial charge is 0.441 e. The van der Waals surface area contributed by atoms with Crippen LogP contribution >= 0.6 is 0 Å². The molecule has 1 atom stereocenters. The molecular formula is C27H26FN3O3. The number of benzene rings is 2. The van der Waals surface area contributed by atoms with Gasteiger partial charge in [0, 0.05) is 43.5 Å². The molecule has 1 aromatic heterocycles. The van der Waals surface area contributed by atoms with E-state index in [0.717, 1.165) is 29.8 Å². The smallest absolute Gasteiger partial charge is 0.415 e. The minimum atomic E-state index is -0.570. The fourth-order valence-corrected chi connectivity index (χ4v) is 4.71. The lowest BCUT2D eigenvalue weighted by atomic mass is 9.95. The molecule has 7 heteroatoms. The Morgan fingerprint density at radius 2 is 1.79 bits per heavy atom. The van der Waals surface area contributed by atoms with Crippen LogP contribution in [0, 0.1) is 5.82 Å². The summed E-state index contributed by atoms with van der Waals surface area (Å²) in [5.41, 5.74) is 2.57. The Labute approximate surface area is 198 Å². The zero-order valence-electron chi connectivity index (χ0n) is 18.8. The summed E-state index contributed by atoms with van der Waals surface area (Å²) < 4.78 is 19.0. The lowest BCUT2D eigenvalue weighted by Crippen LogP contribution is -2.37. The molecule has 2 aliphatic heterocycles. The number of aromatic nitrogens is 1. The Kier molecular flexibility index (Phi) is 6.01. The molecule has 6 nitrogen and oxygen atoms in total. The van der Waals surface area contributed by atoms with E-state index < -0.39 is 5.60 Å². The predicted molar refractivity (Wildman–Crippen MR) is 126 cm³/mol. The van der Waals surface area contributed by atoms with E-state index in [1.165, 1.54) is 12.1 Å². The zero-order chi connectivity index (χ0) is 23.5. The van der Waals surface area contributed by atoms with E-state index in [1.807, 2.05) is 41.3 Å². The first-order valence-electron chi connectivity index (χ1n) is 11.6. The van der Waals surface area contributed by atoms with Crippen LogP contribution in [0.3, 0.4) is 0 Å². The highest BCUT2D eigenvalue weighted by Crippen LogP contribution is 2.35. The SMILES string of the molecule is O=C(c1ccc(Cc2ccc(F)cc2)nc1)N1CCCC2(CC1)CN(c1ccccc1)C(=O)O2. The number of rotatable bonds is 4. The lowest BCUT2D eigenvalue weighted by molar-refractivity contribution is 0.0438. The lowest BCUT2D eigenvalue weighted by Gasteiger charge is -2.25. The standard InChI is InChI=1S/C27H26FN3O3/c28-22-10-7-20(8-11-22)17-23-12-9-21(18-29-23)25(32)30-15-4-13-27(14-16-30)19-31(26(33)34-27)24-5-2-1-3-6-24/h1-3,5-12,18H,4,13-17,19H2. The van der Waals surface area contributed by atoms with Gasteiger partial charge < -0.3 is 9.64 Å². The number of nitrogens with zero attached hydrogens (tertiary/aromatic N) is 3. The molecule has 3 heterocycles. The van der Waals surface area contributed by atoms with Crippen molar-refractivity contribution in [2.45, 2.75) is 31.3 Å². The first kappa shape index (κ1) is 22.1. The van der Waals surface area contributed by atoms with Gasteiger partial charge >= 0.3 is 6.09 Å². The molecule has 0 aliphatic carbocycles. The summed E-state index contributed by atoms with van der Waals surface area (Å²) in [5.74, 6) is -0.334.